The van der Waals surface area contributed by atoms with Crippen molar-refractivity contribution >= 4 is 0 Å². The van der Waals surface area contributed by atoms with Crippen LogP contribution in [0.2, 0.25) is 0 Å². The summed E-state index contributed by atoms with van der Waals surface area (Å²) in [6.45, 7) is 10.1. The van der Waals surface area contributed by atoms with Crippen LogP contribution in [0.3, 0.4) is 0 Å². The fourth-order valence-corrected chi connectivity index (χ4v) is 5.40. The van der Waals surface area contributed by atoms with Crippen LogP contribution in [0.15, 0.2) is 0 Å². The molecule has 3 rings (SSSR count). The molecule has 0 aromatic heterocycles. The summed E-state index contributed by atoms with van der Waals surface area (Å²) in [5.74, 6) is 1.95. The molecule has 3 fully saturated rings. The Hall–Kier alpha value is -0.0800. The number of rotatable bonds is 4. The predicted octanol–water partition coefficient (Wildman–Crippen LogP) is 4.89. The van der Waals surface area contributed by atoms with E-state index in [1.165, 1.54) is 77.3 Å². The molecule has 3 aliphatic rings. The molecule has 2 atom stereocenters. The van der Waals surface area contributed by atoms with E-state index in [0.29, 0.717) is 6.17 Å². The summed E-state index contributed by atoms with van der Waals surface area (Å²) in [5, 5.41) is 0. The fourth-order valence-electron chi connectivity index (χ4n) is 5.40. The van der Waals surface area contributed by atoms with Gasteiger partial charge in [-0.1, -0.05) is 38.5 Å². The second-order valence-corrected chi connectivity index (χ2v) is 8.51. The van der Waals surface area contributed by atoms with Crippen molar-refractivity contribution in [2.24, 2.45) is 11.8 Å². The summed E-state index contributed by atoms with van der Waals surface area (Å²) in [5.41, 5.74) is 0. The van der Waals surface area contributed by atoms with E-state index in [4.69, 9.17) is 0 Å². The normalized spacial score (nSPS) is 37.0. The van der Waals surface area contributed by atoms with Gasteiger partial charge in [-0.25, -0.2) is 0 Å². The molecule has 2 nitrogen and oxygen atoms in total. The average molecular weight is 307 g/mol. The lowest BCUT2D eigenvalue weighted by molar-refractivity contribution is 0.0905. The van der Waals surface area contributed by atoms with E-state index in [1.807, 2.05) is 0 Å². The molecule has 128 valence electrons. The zero-order chi connectivity index (χ0) is 15.5. The van der Waals surface area contributed by atoms with Crippen molar-refractivity contribution in [2.45, 2.75) is 103 Å². The van der Waals surface area contributed by atoms with Gasteiger partial charge in [-0.05, 0) is 58.3 Å². The molecule has 22 heavy (non-hydrogen) atoms. The Morgan fingerprint density at radius 1 is 0.591 bits per heavy atom. The van der Waals surface area contributed by atoms with E-state index in [-0.39, 0.29) is 0 Å². The van der Waals surface area contributed by atoms with E-state index < -0.39 is 0 Å². The Morgan fingerprint density at radius 2 is 0.955 bits per heavy atom. The van der Waals surface area contributed by atoms with Crippen LogP contribution < -0.4 is 0 Å². The molecule has 0 radical (unpaired) electrons. The molecule has 0 N–H and O–H groups in total. The molecule has 0 bridgehead atoms. The molecule has 2 unspecified atom stereocenters. The molecule has 2 heteroatoms. The van der Waals surface area contributed by atoms with Crippen molar-refractivity contribution in [2.75, 3.05) is 13.1 Å². The summed E-state index contributed by atoms with van der Waals surface area (Å²) >= 11 is 0. The van der Waals surface area contributed by atoms with Crippen LogP contribution in [-0.2, 0) is 0 Å². The first kappa shape index (κ1) is 16.8. The van der Waals surface area contributed by atoms with Crippen molar-refractivity contribution in [3.63, 3.8) is 0 Å². The zero-order valence-electron chi connectivity index (χ0n) is 15.3. The van der Waals surface area contributed by atoms with Gasteiger partial charge in [0.1, 0.15) is 0 Å². The monoisotopic (exact) mass is 306 g/mol. The third-order valence-electron chi connectivity index (χ3n) is 7.09. The van der Waals surface area contributed by atoms with Crippen LogP contribution in [0.4, 0.5) is 0 Å². The highest BCUT2D eigenvalue weighted by atomic mass is 15.4. The molecule has 1 saturated heterocycles. The van der Waals surface area contributed by atoms with Crippen LogP contribution in [0.5, 0.6) is 0 Å². The topological polar surface area (TPSA) is 6.48 Å². The summed E-state index contributed by atoms with van der Waals surface area (Å²) in [7, 11) is 0. The average Bonchev–Trinajstić information content (AvgIpc) is 2.75. The van der Waals surface area contributed by atoms with Crippen molar-refractivity contribution in [3.8, 4) is 0 Å². The Labute approximate surface area is 138 Å². The second kappa shape index (κ2) is 7.66. The minimum absolute atomic E-state index is 0.661. The third kappa shape index (κ3) is 3.70. The highest BCUT2D eigenvalue weighted by Gasteiger charge is 2.41. The molecule has 2 saturated carbocycles. The predicted molar refractivity (Wildman–Crippen MR) is 94.9 cm³/mol. The quantitative estimate of drug-likeness (QED) is 0.730. The summed E-state index contributed by atoms with van der Waals surface area (Å²) < 4.78 is 0. The van der Waals surface area contributed by atoms with Gasteiger partial charge >= 0.3 is 0 Å². The molecule has 0 aromatic rings. The summed E-state index contributed by atoms with van der Waals surface area (Å²) in [4.78, 5) is 5.67. The minimum atomic E-state index is 0.661. The maximum Gasteiger partial charge on any atom is 0.0599 e. The highest BCUT2D eigenvalue weighted by molar-refractivity contribution is 4.94. The van der Waals surface area contributed by atoms with Crippen LogP contribution in [0, 0.1) is 11.8 Å². The van der Waals surface area contributed by atoms with Gasteiger partial charge in [0.05, 0.1) is 6.17 Å². The Balaban J connectivity index is 1.57. The first-order valence-electron chi connectivity index (χ1n) is 10.2. The van der Waals surface area contributed by atoms with Crippen LogP contribution >= 0.6 is 0 Å². The van der Waals surface area contributed by atoms with Crippen molar-refractivity contribution in [1.29, 1.82) is 0 Å². The molecule has 1 heterocycles. The van der Waals surface area contributed by atoms with Crippen LogP contribution in [0.25, 0.3) is 0 Å². The van der Waals surface area contributed by atoms with E-state index in [9.17, 15) is 0 Å². The molecule has 2 aliphatic carbocycles. The van der Waals surface area contributed by atoms with Gasteiger partial charge in [0, 0.05) is 25.2 Å². The third-order valence-corrected chi connectivity index (χ3v) is 7.09. The van der Waals surface area contributed by atoms with Gasteiger partial charge in [-0.3, -0.25) is 9.80 Å². The standard InChI is InChI=1S/C20H38N2/c1-16-17(2)22(15-20-12-8-5-9-13-20)18(3)21(16)14-19-10-6-4-7-11-19/h16-20H,4-15H2,1-3H3. The van der Waals surface area contributed by atoms with E-state index >= 15 is 0 Å². The Kier molecular flexibility index (Phi) is 5.84. The first-order chi connectivity index (χ1) is 10.7. The maximum absolute atomic E-state index is 2.84. The van der Waals surface area contributed by atoms with E-state index in [0.717, 1.165) is 23.9 Å². The van der Waals surface area contributed by atoms with Crippen molar-refractivity contribution in [3.05, 3.63) is 0 Å². The van der Waals surface area contributed by atoms with Gasteiger partial charge in [-0.15, -0.1) is 0 Å². The van der Waals surface area contributed by atoms with Gasteiger partial charge < -0.3 is 0 Å². The summed E-state index contributed by atoms with van der Waals surface area (Å²) in [6.07, 6.45) is 15.4. The molecule has 1 aliphatic heterocycles. The summed E-state index contributed by atoms with van der Waals surface area (Å²) in [6, 6.07) is 1.47. The SMILES string of the molecule is CC1C(C)N(CC2CCCCC2)C(C)N1CC1CCCCC1. The van der Waals surface area contributed by atoms with E-state index in [1.54, 1.807) is 0 Å². The van der Waals surface area contributed by atoms with Gasteiger partial charge in [0.2, 0.25) is 0 Å². The Morgan fingerprint density at radius 3 is 1.32 bits per heavy atom. The zero-order valence-corrected chi connectivity index (χ0v) is 15.3. The lowest BCUT2D eigenvalue weighted by Gasteiger charge is -2.35. The lowest BCUT2D eigenvalue weighted by Crippen LogP contribution is -2.42. The highest BCUT2D eigenvalue weighted by Crippen LogP contribution is 2.34. The Bertz CT molecular complexity index is 299. The smallest absolute Gasteiger partial charge is 0.0599 e. The van der Waals surface area contributed by atoms with Crippen molar-refractivity contribution in [1.82, 2.24) is 9.80 Å². The minimum Gasteiger partial charge on any atom is -0.284 e. The largest absolute Gasteiger partial charge is 0.284 e. The second-order valence-electron chi connectivity index (χ2n) is 8.51. The fraction of sp³-hybridized carbons (Fsp3) is 1.00. The van der Waals surface area contributed by atoms with Gasteiger partial charge in [-0.2, -0.15) is 0 Å². The van der Waals surface area contributed by atoms with Crippen molar-refractivity contribution < 1.29 is 0 Å². The van der Waals surface area contributed by atoms with Crippen LogP contribution in [-0.4, -0.2) is 41.1 Å². The number of nitrogens with zero attached hydrogens (tertiary/aromatic N) is 2. The van der Waals surface area contributed by atoms with Gasteiger partial charge in [0.15, 0.2) is 0 Å². The number of hydrogen-bond acceptors (Lipinski definition) is 2. The number of hydrogen-bond donors (Lipinski definition) is 0. The maximum atomic E-state index is 2.84. The van der Waals surface area contributed by atoms with Crippen LogP contribution in [0.1, 0.15) is 85.0 Å². The first-order valence-corrected chi connectivity index (χ1v) is 10.2. The van der Waals surface area contributed by atoms with Gasteiger partial charge in [0.25, 0.3) is 0 Å². The molecule has 0 aromatic carbocycles. The lowest BCUT2D eigenvalue weighted by atomic mass is 9.88. The van der Waals surface area contributed by atoms with E-state index in [2.05, 4.69) is 30.6 Å². The molecular formula is C20H38N2. The molecule has 0 spiro atoms. The molecular weight excluding hydrogens is 268 g/mol. The molecule has 0 amide bonds.